The van der Waals surface area contributed by atoms with E-state index in [9.17, 15) is 13.6 Å². The molecule has 1 aliphatic rings. The Morgan fingerprint density at radius 3 is 2.21 bits per heavy atom. The van der Waals surface area contributed by atoms with Crippen molar-refractivity contribution in [3.63, 3.8) is 0 Å². The molecule has 2 aromatic carbocycles. The minimum absolute atomic E-state index is 0.123. The Kier molecular flexibility index (Phi) is 4.90. The fraction of sp³-hybridized carbons (Fsp3) is 0.316. The van der Waals surface area contributed by atoms with Crippen LogP contribution >= 0.6 is 0 Å². The highest BCUT2D eigenvalue weighted by atomic mass is 19.1. The van der Waals surface area contributed by atoms with Crippen LogP contribution in [0, 0.1) is 11.6 Å². The Hall–Kier alpha value is -2.27. The molecule has 5 heteroatoms. The van der Waals surface area contributed by atoms with E-state index in [4.69, 9.17) is 0 Å². The molecule has 1 heterocycles. The van der Waals surface area contributed by atoms with Gasteiger partial charge in [0.05, 0.1) is 5.56 Å². The molecule has 0 aliphatic carbocycles. The van der Waals surface area contributed by atoms with Gasteiger partial charge >= 0.3 is 0 Å². The minimum Gasteiger partial charge on any atom is -0.336 e. The highest BCUT2D eigenvalue weighted by molar-refractivity contribution is 5.94. The third-order valence-corrected chi connectivity index (χ3v) is 4.61. The molecular formula is C19H20F2N2O. The standard InChI is InChI=1S/C19H20F2N2O/c1-14(15-6-8-16(20)9-7-15)22-10-12-23(13-11-22)19(24)17-4-2-3-5-18(17)21/h2-9,14H,10-13H2,1H3. The summed E-state index contributed by atoms with van der Waals surface area (Å²) in [7, 11) is 0. The molecule has 3 rings (SSSR count). The van der Waals surface area contributed by atoms with Gasteiger partial charge in [-0.3, -0.25) is 9.69 Å². The highest BCUT2D eigenvalue weighted by Gasteiger charge is 2.26. The number of amides is 1. The monoisotopic (exact) mass is 330 g/mol. The number of hydrogen-bond acceptors (Lipinski definition) is 2. The molecule has 0 saturated carbocycles. The summed E-state index contributed by atoms with van der Waals surface area (Å²) in [6.07, 6.45) is 0. The average Bonchev–Trinajstić information content (AvgIpc) is 2.62. The van der Waals surface area contributed by atoms with Crippen LogP contribution in [0.4, 0.5) is 8.78 Å². The van der Waals surface area contributed by atoms with Gasteiger partial charge in [-0.05, 0) is 36.8 Å². The summed E-state index contributed by atoms with van der Waals surface area (Å²) in [4.78, 5) is 16.4. The predicted molar refractivity (Wildman–Crippen MR) is 88.7 cm³/mol. The van der Waals surface area contributed by atoms with Crippen LogP contribution in [0.25, 0.3) is 0 Å². The lowest BCUT2D eigenvalue weighted by Gasteiger charge is -2.38. The topological polar surface area (TPSA) is 23.6 Å². The van der Waals surface area contributed by atoms with Crippen molar-refractivity contribution in [2.45, 2.75) is 13.0 Å². The van der Waals surface area contributed by atoms with Crippen molar-refractivity contribution in [2.24, 2.45) is 0 Å². The van der Waals surface area contributed by atoms with E-state index in [0.717, 1.165) is 5.56 Å². The summed E-state index contributed by atoms with van der Waals surface area (Å²) in [5.74, 6) is -0.988. The number of piperazine rings is 1. The highest BCUT2D eigenvalue weighted by Crippen LogP contribution is 2.22. The quantitative estimate of drug-likeness (QED) is 0.860. The number of carbonyl (C=O) groups excluding carboxylic acids is 1. The van der Waals surface area contributed by atoms with Crippen LogP contribution in [-0.2, 0) is 0 Å². The molecule has 1 fully saturated rings. The summed E-state index contributed by atoms with van der Waals surface area (Å²) in [5.41, 5.74) is 1.17. The second kappa shape index (κ2) is 7.09. The van der Waals surface area contributed by atoms with Crippen LogP contribution in [0.15, 0.2) is 48.5 Å². The zero-order valence-corrected chi connectivity index (χ0v) is 13.6. The van der Waals surface area contributed by atoms with Crippen molar-refractivity contribution >= 4 is 5.91 Å². The van der Waals surface area contributed by atoms with Crippen molar-refractivity contribution in [1.29, 1.82) is 0 Å². The van der Waals surface area contributed by atoms with E-state index in [1.54, 1.807) is 29.2 Å². The van der Waals surface area contributed by atoms with Crippen molar-refractivity contribution in [3.05, 3.63) is 71.3 Å². The number of benzene rings is 2. The first-order valence-corrected chi connectivity index (χ1v) is 8.09. The molecule has 0 radical (unpaired) electrons. The molecule has 1 atom stereocenters. The van der Waals surface area contributed by atoms with Crippen LogP contribution < -0.4 is 0 Å². The largest absolute Gasteiger partial charge is 0.336 e. The second-order valence-electron chi connectivity index (χ2n) is 6.04. The molecule has 1 aliphatic heterocycles. The van der Waals surface area contributed by atoms with Gasteiger partial charge in [-0.1, -0.05) is 24.3 Å². The van der Waals surface area contributed by atoms with E-state index in [1.807, 2.05) is 0 Å². The molecule has 1 amide bonds. The van der Waals surface area contributed by atoms with Crippen LogP contribution in [0.2, 0.25) is 0 Å². The molecule has 0 N–H and O–H groups in total. The van der Waals surface area contributed by atoms with E-state index >= 15 is 0 Å². The van der Waals surface area contributed by atoms with Gasteiger partial charge in [0, 0.05) is 32.2 Å². The van der Waals surface area contributed by atoms with Gasteiger partial charge in [-0.25, -0.2) is 8.78 Å². The molecule has 24 heavy (non-hydrogen) atoms. The summed E-state index contributed by atoms with van der Waals surface area (Å²) in [6.45, 7) is 4.59. The first-order valence-electron chi connectivity index (χ1n) is 8.09. The van der Waals surface area contributed by atoms with Gasteiger partial charge < -0.3 is 4.90 Å². The minimum atomic E-state index is -0.482. The Balaban J connectivity index is 1.62. The Morgan fingerprint density at radius 2 is 1.58 bits per heavy atom. The molecule has 1 unspecified atom stereocenters. The van der Waals surface area contributed by atoms with Crippen LogP contribution in [0.5, 0.6) is 0 Å². The number of rotatable bonds is 3. The molecule has 2 aromatic rings. The molecule has 0 aromatic heterocycles. The normalized spacial score (nSPS) is 16.9. The summed E-state index contributed by atoms with van der Waals surface area (Å²) in [6, 6.07) is 12.7. The van der Waals surface area contributed by atoms with Gasteiger partial charge in [0.15, 0.2) is 0 Å². The van der Waals surface area contributed by atoms with Gasteiger partial charge in [-0.15, -0.1) is 0 Å². The van der Waals surface area contributed by atoms with Gasteiger partial charge in [0.1, 0.15) is 11.6 Å². The fourth-order valence-electron chi connectivity index (χ4n) is 3.07. The number of carbonyl (C=O) groups is 1. The lowest BCUT2D eigenvalue weighted by molar-refractivity contribution is 0.0577. The van der Waals surface area contributed by atoms with Crippen LogP contribution in [0.1, 0.15) is 28.9 Å². The molecule has 3 nitrogen and oxygen atoms in total. The maximum atomic E-state index is 13.8. The van der Waals surface area contributed by atoms with Crippen molar-refractivity contribution < 1.29 is 13.6 Å². The molecule has 0 bridgehead atoms. The SMILES string of the molecule is CC(c1ccc(F)cc1)N1CCN(C(=O)c2ccccc2F)CC1. The lowest BCUT2D eigenvalue weighted by Crippen LogP contribution is -2.49. The Morgan fingerprint density at radius 1 is 0.958 bits per heavy atom. The summed E-state index contributed by atoms with van der Waals surface area (Å²) >= 11 is 0. The first-order chi connectivity index (χ1) is 11.6. The third-order valence-electron chi connectivity index (χ3n) is 4.61. The smallest absolute Gasteiger partial charge is 0.256 e. The maximum Gasteiger partial charge on any atom is 0.256 e. The van der Waals surface area contributed by atoms with Crippen molar-refractivity contribution in [3.8, 4) is 0 Å². The fourth-order valence-corrected chi connectivity index (χ4v) is 3.07. The summed E-state index contributed by atoms with van der Waals surface area (Å²) < 4.78 is 26.8. The first kappa shape index (κ1) is 16.6. The maximum absolute atomic E-state index is 13.8. The van der Waals surface area contributed by atoms with E-state index in [0.29, 0.717) is 26.2 Å². The number of halogens is 2. The van der Waals surface area contributed by atoms with Gasteiger partial charge in [0.25, 0.3) is 5.91 Å². The number of hydrogen-bond donors (Lipinski definition) is 0. The lowest BCUT2D eigenvalue weighted by atomic mass is 10.1. The predicted octanol–water partition coefficient (Wildman–Crippen LogP) is 3.48. The van der Waals surface area contributed by atoms with Gasteiger partial charge in [0.2, 0.25) is 0 Å². The summed E-state index contributed by atoms with van der Waals surface area (Å²) in [5, 5.41) is 0. The van der Waals surface area contributed by atoms with Crippen molar-refractivity contribution in [2.75, 3.05) is 26.2 Å². The van der Waals surface area contributed by atoms with Gasteiger partial charge in [-0.2, -0.15) is 0 Å². The van der Waals surface area contributed by atoms with Crippen LogP contribution in [0.3, 0.4) is 0 Å². The van der Waals surface area contributed by atoms with E-state index in [-0.39, 0.29) is 23.3 Å². The number of nitrogens with zero attached hydrogens (tertiary/aromatic N) is 2. The van der Waals surface area contributed by atoms with Crippen molar-refractivity contribution in [1.82, 2.24) is 9.80 Å². The Labute approximate surface area is 140 Å². The van der Waals surface area contributed by atoms with E-state index in [1.165, 1.54) is 24.3 Å². The third kappa shape index (κ3) is 3.46. The Bertz CT molecular complexity index is 710. The second-order valence-corrected chi connectivity index (χ2v) is 6.04. The van der Waals surface area contributed by atoms with E-state index in [2.05, 4.69) is 11.8 Å². The average molecular weight is 330 g/mol. The van der Waals surface area contributed by atoms with E-state index < -0.39 is 5.82 Å². The zero-order chi connectivity index (χ0) is 17.1. The molecule has 1 saturated heterocycles. The molecule has 0 spiro atoms. The van der Waals surface area contributed by atoms with Crippen LogP contribution in [-0.4, -0.2) is 41.9 Å². The zero-order valence-electron chi connectivity index (χ0n) is 13.6. The molecule has 126 valence electrons. The molecular weight excluding hydrogens is 310 g/mol.